The van der Waals surface area contributed by atoms with E-state index in [-0.39, 0.29) is 5.91 Å². The molecule has 18 heavy (non-hydrogen) atoms. The Kier molecular flexibility index (Phi) is 3.99. The van der Waals surface area contributed by atoms with E-state index < -0.39 is 0 Å². The second-order valence-electron chi connectivity index (χ2n) is 4.05. The lowest BCUT2D eigenvalue weighted by Crippen LogP contribution is -2.25. The van der Waals surface area contributed by atoms with Gasteiger partial charge in [-0.3, -0.25) is 4.79 Å². The number of carbonyl (C=O) groups excluding carboxylic acids is 1. The largest absolute Gasteiger partial charge is 0.352 e. The molecule has 1 aromatic heterocycles. The van der Waals surface area contributed by atoms with Gasteiger partial charge in [-0.05, 0) is 30.7 Å². The molecule has 5 heteroatoms. The summed E-state index contributed by atoms with van der Waals surface area (Å²) in [6, 6.07) is 5.25. The molecule has 94 valence electrons. The normalized spacial score (nSPS) is 10.3. The first-order valence-corrected chi connectivity index (χ1v) is 6.06. The van der Waals surface area contributed by atoms with Crippen LogP contribution in [-0.4, -0.2) is 22.4 Å². The van der Waals surface area contributed by atoms with Gasteiger partial charge in [-0.1, -0.05) is 11.6 Å². The van der Waals surface area contributed by atoms with Crippen LogP contribution in [0.2, 0.25) is 5.02 Å². The number of benzene rings is 1. The number of hydrogen-bond acceptors (Lipinski definition) is 2. The van der Waals surface area contributed by atoms with E-state index in [2.05, 4.69) is 15.3 Å². The van der Waals surface area contributed by atoms with E-state index in [9.17, 15) is 4.79 Å². The summed E-state index contributed by atoms with van der Waals surface area (Å²) in [4.78, 5) is 18.8. The van der Waals surface area contributed by atoms with Gasteiger partial charge in [0.1, 0.15) is 0 Å². The van der Waals surface area contributed by atoms with E-state index in [1.165, 1.54) is 0 Å². The Hall–Kier alpha value is -1.81. The Morgan fingerprint density at radius 3 is 3.00 bits per heavy atom. The zero-order valence-electron chi connectivity index (χ0n) is 10.0. The Balaban J connectivity index is 1.89. The van der Waals surface area contributed by atoms with Crippen LogP contribution in [0.4, 0.5) is 0 Å². The number of rotatable bonds is 4. The summed E-state index contributed by atoms with van der Waals surface area (Å²) in [7, 11) is 0. The zero-order valence-corrected chi connectivity index (χ0v) is 10.8. The molecule has 0 saturated carbocycles. The first-order chi connectivity index (χ1) is 8.66. The number of hydrogen-bond donors (Lipinski definition) is 2. The number of amides is 1. The van der Waals surface area contributed by atoms with Gasteiger partial charge in [0.15, 0.2) is 0 Å². The van der Waals surface area contributed by atoms with Gasteiger partial charge < -0.3 is 10.3 Å². The Morgan fingerprint density at radius 1 is 1.50 bits per heavy atom. The van der Waals surface area contributed by atoms with Crippen molar-refractivity contribution >= 4 is 17.5 Å². The number of imidazole rings is 1. The van der Waals surface area contributed by atoms with Crippen LogP contribution in [0.25, 0.3) is 0 Å². The lowest BCUT2D eigenvalue weighted by atomic mass is 10.1. The number of nitrogens with one attached hydrogen (secondary N) is 2. The van der Waals surface area contributed by atoms with Gasteiger partial charge in [-0.15, -0.1) is 0 Å². The molecule has 0 radical (unpaired) electrons. The first kappa shape index (κ1) is 12.6. The molecule has 2 N–H and O–H groups in total. The molecule has 4 nitrogen and oxygen atoms in total. The Morgan fingerprint density at radius 2 is 2.33 bits per heavy atom. The van der Waals surface area contributed by atoms with Crippen molar-refractivity contribution in [3.8, 4) is 0 Å². The Bertz CT molecular complexity index is 537. The highest BCUT2D eigenvalue weighted by Crippen LogP contribution is 2.16. The van der Waals surface area contributed by atoms with Crippen molar-refractivity contribution in [3.05, 3.63) is 52.6 Å². The van der Waals surface area contributed by atoms with E-state index >= 15 is 0 Å². The SMILES string of the molecule is Cc1cc(C(=O)NCCc2cnc[nH]2)ccc1Cl. The third-order valence-electron chi connectivity index (χ3n) is 2.65. The highest BCUT2D eigenvalue weighted by atomic mass is 35.5. The van der Waals surface area contributed by atoms with Gasteiger partial charge in [0.2, 0.25) is 0 Å². The molecule has 0 bridgehead atoms. The van der Waals surface area contributed by atoms with Crippen molar-refractivity contribution in [1.29, 1.82) is 0 Å². The molecule has 0 aliphatic heterocycles. The highest BCUT2D eigenvalue weighted by Gasteiger charge is 2.06. The van der Waals surface area contributed by atoms with Crippen LogP contribution in [0.3, 0.4) is 0 Å². The summed E-state index contributed by atoms with van der Waals surface area (Å²) in [5.74, 6) is -0.0886. The van der Waals surface area contributed by atoms with Crippen LogP contribution in [-0.2, 0) is 6.42 Å². The standard InChI is InChI=1S/C13H14ClN3O/c1-9-6-10(2-3-12(9)14)13(18)16-5-4-11-7-15-8-17-11/h2-3,6-8H,4-5H2,1H3,(H,15,17)(H,16,18). The lowest BCUT2D eigenvalue weighted by molar-refractivity contribution is 0.0954. The molecule has 0 saturated heterocycles. The predicted molar refractivity (Wildman–Crippen MR) is 70.8 cm³/mol. The summed E-state index contributed by atoms with van der Waals surface area (Å²) >= 11 is 5.91. The van der Waals surface area contributed by atoms with E-state index in [0.717, 1.165) is 17.7 Å². The number of aromatic nitrogens is 2. The van der Waals surface area contributed by atoms with E-state index in [4.69, 9.17) is 11.6 Å². The molecule has 1 aromatic carbocycles. The maximum atomic E-state index is 11.9. The average molecular weight is 264 g/mol. The Labute approximate surface area is 110 Å². The van der Waals surface area contributed by atoms with Crippen LogP contribution in [0.5, 0.6) is 0 Å². The van der Waals surface area contributed by atoms with E-state index in [0.29, 0.717) is 17.1 Å². The van der Waals surface area contributed by atoms with Crippen LogP contribution in [0.1, 0.15) is 21.6 Å². The molecule has 0 fully saturated rings. The van der Waals surface area contributed by atoms with Crippen molar-refractivity contribution in [3.63, 3.8) is 0 Å². The molecule has 1 amide bonds. The minimum absolute atomic E-state index is 0.0886. The quantitative estimate of drug-likeness (QED) is 0.890. The van der Waals surface area contributed by atoms with Crippen LogP contribution < -0.4 is 5.32 Å². The molecule has 0 spiro atoms. The summed E-state index contributed by atoms with van der Waals surface area (Å²) in [5, 5.41) is 3.52. The molecular weight excluding hydrogens is 250 g/mol. The monoisotopic (exact) mass is 263 g/mol. The molecule has 2 aromatic rings. The van der Waals surface area contributed by atoms with Crippen molar-refractivity contribution in [2.75, 3.05) is 6.54 Å². The van der Waals surface area contributed by atoms with Gasteiger partial charge >= 0.3 is 0 Å². The van der Waals surface area contributed by atoms with Gasteiger partial charge in [0.05, 0.1) is 6.33 Å². The number of halogens is 1. The van der Waals surface area contributed by atoms with Gasteiger partial charge in [0, 0.05) is 35.4 Å². The van der Waals surface area contributed by atoms with E-state index in [1.807, 2.05) is 6.92 Å². The minimum Gasteiger partial charge on any atom is -0.352 e. The fourth-order valence-electron chi connectivity index (χ4n) is 1.62. The summed E-state index contributed by atoms with van der Waals surface area (Å²) in [5.41, 5.74) is 2.53. The average Bonchev–Trinajstić information content (AvgIpc) is 2.85. The highest BCUT2D eigenvalue weighted by molar-refractivity contribution is 6.31. The fourth-order valence-corrected chi connectivity index (χ4v) is 1.74. The number of carbonyl (C=O) groups is 1. The second kappa shape index (κ2) is 5.69. The van der Waals surface area contributed by atoms with Crippen molar-refractivity contribution in [2.45, 2.75) is 13.3 Å². The third-order valence-corrected chi connectivity index (χ3v) is 3.08. The van der Waals surface area contributed by atoms with Gasteiger partial charge in [-0.25, -0.2) is 4.98 Å². The van der Waals surface area contributed by atoms with Crippen molar-refractivity contribution in [2.24, 2.45) is 0 Å². The molecule has 0 atom stereocenters. The predicted octanol–water partition coefficient (Wildman–Crippen LogP) is 2.34. The molecule has 0 aliphatic rings. The topological polar surface area (TPSA) is 57.8 Å². The van der Waals surface area contributed by atoms with Crippen molar-refractivity contribution in [1.82, 2.24) is 15.3 Å². The smallest absolute Gasteiger partial charge is 0.251 e. The molecular formula is C13H14ClN3O. The van der Waals surface area contributed by atoms with Crippen LogP contribution in [0.15, 0.2) is 30.7 Å². The van der Waals surface area contributed by atoms with Crippen LogP contribution >= 0.6 is 11.6 Å². The van der Waals surface area contributed by atoms with Gasteiger partial charge in [-0.2, -0.15) is 0 Å². The summed E-state index contributed by atoms with van der Waals surface area (Å²) in [6.45, 7) is 2.45. The maximum Gasteiger partial charge on any atom is 0.251 e. The fraction of sp³-hybridized carbons (Fsp3) is 0.231. The lowest BCUT2D eigenvalue weighted by Gasteiger charge is -2.06. The van der Waals surface area contributed by atoms with E-state index in [1.54, 1.807) is 30.7 Å². The molecule has 2 rings (SSSR count). The zero-order chi connectivity index (χ0) is 13.0. The third kappa shape index (κ3) is 3.11. The minimum atomic E-state index is -0.0886. The first-order valence-electron chi connectivity index (χ1n) is 5.68. The number of aromatic amines is 1. The number of H-pyrrole nitrogens is 1. The summed E-state index contributed by atoms with van der Waals surface area (Å²) in [6.07, 6.45) is 4.11. The van der Waals surface area contributed by atoms with Gasteiger partial charge in [0.25, 0.3) is 5.91 Å². The molecule has 0 unspecified atom stereocenters. The molecule has 0 aliphatic carbocycles. The maximum absolute atomic E-state index is 11.9. The van der Waals surface area contributed by atoms with Crippen molar-refractivity contribution < 1.29 is 4.79 Å². The second-order valence-corrected chi connectivity index (χ2v) is 4.45. The molecule has 1 heterocycles. The number of aryl methyl sites for hydroxylation is 1. The summed E-state index contributed by atoms with van der Waals surface area (Å²) < 4.78 is 0. The number of nitrogens with zero attached hydrogens (tertiary/aromatic N) is 1. The van der Waals surface area contributed by atoms with Crippen LogP contribution in [0, 0.1) is 6.92 Å².